The van der Waals surface area contributed by atoms with E-state index in [9.17, 15) is 57.1 Å². The molecule has 0 atom stereocenters. The van der Waals surface area contributed by atoms with Crippen LogP contribution in [-0.2, 0) is 0 Å². The van der Waals surface area contributed by atoms with E-state index in [0.29, 0.717) is 16.7 Å². The van der Waals surface area contributed by atoms with E-state index < -0.39 is 48.8 Å². The van der Waals surface area contributed by atoms with Gasteiger partial charge in [0, 0.05) is 0 Å². The highest BCUT2D eigenvalue weighted by molar-refractivity contribution is 5.64. The number of hydrogen-bond donors (Lipinski definition) is 0. The summed E-state index contributed by atoms with van der Waals surface area (Å²) in [6.07, 6.45) is -9.89. The molecule has 198 valence electrons. The van der Waals surface area contributed by atoms with Crippen LogP contribution in [0.25, 0.3) is 11.1 Å². The molecule has 2 nitrogen and oxygen atoms in total. The van der Waals surface area contributed by atoms with Crippen LogP contribution in [0, 0.1) is 11.3 Å². The molecule has 0 fully saturated rings. The van der Waals surface area contributed by atoms with Gasteiger partial charge in [-0.1, -0.05) is 24.3 Å². The number of alkyl halides is 13. The Labute approximate surface area is 193 Å². The summed E-state index contributed by atoms with van der Waals surface area (Å²) in [6.45, 7) is -1.53. The minimum absolute atomic E-state index is 0.285. The van der Waals surface area contributed by atoms with Crippen molar-refractivity contribution in [2.24, 2.45) is 0 Å². The van der Waals surface area contributed by atoms with Crippen molar-refractivity contribution in [3.8, 4) is 22.9 Å². The smallest absolute Gasteiger partial charge is 0.460 e. The van der Waals surface area contributed by atoms with Crippen molar-refractivity contribution in [1.82, 2.24) is 0 Å². The summed E-state index contributed by atoms with van der Waals surface area (Å²) >= 11 is 0. The highest BCUT2D eigenvalue weighted by atomic mass is 19.4. The van der Waals surface area contributed by atoms with Crippen molar-refractivity contribution in [3.05, 3.63) is 54.1 Å². The Bertz CT molecular complexity index is 1080. The number of benzene rings is 2. The van der Waals surface area contributed by atoms with Crippen LogP contribution in [0.2, 0.25) is 0 Å². The number of halogens is 13. The van der Waals surface area contributed by atoms with E-state index in [1.165, 1.54) is 24.3 Å². The minimum atomic E-state index is -7.92. The maximum atomic E-state index is 13.8. The third-order valence-corrected chi connectivity index (χ3v) is 4.88. The lowest BCUT2D eigenvalue weighted by molar-refractivity contribution is -0.440. The van der Waals surface area contributed by atoms with Crippen molar-refractivity contribution in [2.45, 2.75) is 42.2 Å². The fourth-order valence-electron chi connectivity index (χ4n) is 2.74. The highest BCUT2D eigenvalue weighted by Gasteiger charge is 2.90. The first-order valence-corrected chi connectivity index (χ1v) is 9.42. The fraction of sp³-hybridized carbons (Fsp3) is 0.381. The van der Waals surface area contributed by atoms with E-state index in [0.717, 1.165) is 12.1 Å². The second kappa shape index (κ2) is 9.36. The second-order valence-electron chi connectivity index (χ2n) is 7.31. The van der Waals surface area contributed by atoms with Gasteiger partial charge in [0.15, 0.2) is 0 Å². The van der Waals surface area contributed by atoms with Gasteiger partial charge in [-0.2, -0.15) is 62.3 Å². The van der Waals surface area contributed by atoms with Crippen LogP contribution in [0.3, 0.4) is 0 Å². The largest absolute Gasteiger partial charge is 0.493 e. The van der Waals surface area contributed by atoms with Gasteiger partial charge in [-0.25, -0.2) is 0 Å². The normalized spacial score (nSPS) is 13.9. The van der Waals surface area contributed by atoms with Crippen molar-refractivity contribution < 1.29 is 61.8 Å². The molecule has 15 heteroatoms. The molecule has 0 radical (unpaired) electrons. The van der Waals surface area contributed by atoms with Crippen LogP contribution in [0.4, 0.5) is 57.1 Å². The number of nitriles is 1. The number of rotatable bonds is 9. The molecular formula is C21H12F13NO. The summed E-state index contributed by atoms with van der Waals surface area (Å²) in [5.41, 5.74) is 1.45. The average Bonchev–Trinajstić information content (AvgIpc) is 2.78. The quantitative estimate of drug-likeness (QED) is 0.305. The Morgan fingerprint density at radius 2 is 1.00 bits per heavy atom. The Morgan fingerprint density at radius 3 is 1.42 bits per heavy atom. The summed E-state index contributed by atoms with van der Waals surface area (Å²) in [5, 5.41) is 8.75. The molecule has 0 aliphatic rings. The minimum Gasteiger partial charge on any atom is -0.493 e. The lowest BCUT2D eigenvalue weighted by Crippen LogP contribution is -2.70. The molecule has 0 aliphatic heterocycles. The van der Waals surface area contributed by atoms with Gasteiger partial charge in [0.2, 0.25) is 0 Å². The Kier molecular flexibility index (Phi) is 7.56. The first-order valence-electron chi connectivity index (χ1n) is 9.42. The van der Waals surface area contributed by atoms with Crippen molar-refractivity contribution in [3.63, 3.8) is 0 Å². The SMILES string of the molecule is N#Cc1ccc(-c2ccc(OCCC(F)(F)C(F)(F)C(F)(F)C(F)(F)C(F)(F)C(F)(F)F)cc2)cc1. The molecule has 0 spiro atoms. The molecule has 0 aliphatic carbocycles. The zero-order valence-electron chi connectivity index (χ0n) is 17.3. The molecule has 0 heterocycles. The monoisotopic (exact) mass is 541 g/mol. The Morgan fingerprint density at radius 1 is 0.583 bits per heavy atom. The van der Waals surface area contributed by atoms with Gasteiger partial charge in [-0.3, -0.25) is 0 Å². The summed E-state index contributed by atoms with van der Waals surface area (Å²) < 4.78 is 175. The molecule has 0 aromatic heterocycles. The Hall–Kier alpha value is -3.18. The maximum absolute atomic E-state index is 13.8. The third-order valence-electron chi connectivity index (χ3n) is 4.88. The van der Waals surface area contributed by atoms with Gasteiger partial charge in [-0.15, -0.1) is 0 Å². The van der Waals surface area contributed by atoms with Crippen LogP contribution in [-0.4, -0.2) is 42.4 Å². The average molecular weight is 541 g/mol. The summed E-state index contributed by atoms with van der Waals surface area (Å²) in [5.74, 6) is -37.3. The molecule has 0 saturated carbocycles. The Balaban J connectivity index is 2.14. The predicted molar refractivity (Wildman–Crippen MR) is 97.5 cm³/mol. The van der Waals surface area contributed by atoms with Crippen molar-refractivity contribution in [2.75, 3.05) is 6.61 Å². The van der Waals surface area contributed by atoms with E-state index >= 15 is 0 Å². The summed E-state index contributed by atoms with van der Waals surface area (Å²) in [4.78, 5) is 0. The molecule has 0 unspecified atom stereocenters. The molecule has 0 bridgehead atoms. The van der Waals surface area contributed by atoms with E-state index in [2.05, 4.69) is 4.74 Å². The lowest BCUT2D eigenvalue weighted by Gasteiger charge is -2.39. The fourth-order valence-corrected chi connectivity index (χ4v) is 2.74. The zero-order chi connectivity index (χ0) is 27.8. The van der Waals surface area contributed by atoms with Gasteiger partial charge in [0.1, 0.15) is 5.75 Å². The molecule has 0 saturated heterocycles. The summed E-state index contributed by atoms with van der Waals surface area (Å²) in [7, 11) is 0. The molecule has 2 aromatic rings. The topological polar surface area (TPSA) is 33.0 Å². The van der Waals surface area contributed by atoms with Crippen LogP contribution in [0.15, 0.2) is 48.5 Å². The van der Waals surface area contributed by atoms with Gasteiger partial charge >= 0.3 is 35.8 Å². The molecule has 36 heavy (non-hydrogen) atoms. The zero-order valence-corrected chi connectivity index (χ0v) is 17.3. The van der Waals surface area contributed by atoms with Gasteiger partial charge in [-0.05, 0) is 35.4 Å². The van der Waals surface area contributed by atoms with Crippen LogP contribution in [0.1, 0.15) is 12.0 Å². The summed E-state index contributed by atoms with van der Waals surface area (Å²) in [6, 6.07) is 12.9. The third kappa shape index (κ3) is 4.90. The van der Waals surface area contributed by atoms with E-state index in [1.54, 1.807) is 12.1 Å². The van der Waals surface area contributed by atoms with Gasteiger partial charge < -0.3 is 4.74 Å². The van der Waals surface area contributed by atoms with Crippen LogP contribution < -0.4 is 4.74 Å². The molecular weight excluding hydrogens is 529 g/mol. The standard InChI is InChI=1S/C21H12F13NO/c22-16(23,17(24,25)18(26,27)19(28,29)20(30,31)21(32,33)34)9-10-36-15-7-5-14(6-8-15)13-3-1-12(11-35)2-4-13/h1-8H,9-10H2. The van der Waals surface area contributed by atoms with Crippen molar-refractivity contribution in [1.29, 1.82) is 5.26 Å². The van der Waals surface area contributed by atoms with E-state index in [4.69, 9.17) is 5.26 Å². The van der Waals surface area contributed by atoms with Gasteiger partial charge in [0.05, 0.1) is 24.7 Å². The number of ether oxygens (including phenoxy) is 1. The van der Waals surface area contributed by atoms with Gasteiger partial charge in [0.25, 0.3) is 0 Å². The molecule has 2 rings (SSSR count). The maximum Gasteiger partial charge on any atom is 0.460 e. The predicted octanol–water partition coefficient (Wildman–Crippen LogP) is 7.73. The number of hydrogen-bond acceptors (Lipinski definition) is 2. The molecule has 0 N–H and O–H groups in total. The van der Waals surface area contributed by atoms with E-state index in [-0.39, 0.29) is 5.75 Å². The lowest BCUT2D eigenvalue weighted by atomic mass is 9.93. The first-order chi connectivity index (χ1) is 16.2. The highest BCUT2D eigenvalue weighted by Crippen LogP contribution is 2.60. The van der Waals surface area contributed by atoms with Crippen molar-refractivity contribution >= 4 is 0 Å². The van der Waals surface area contributed by atoms with Crippen LogP contribution in [0.5, 0.6) is 5.75 Å². The van der Waals surface area contributed by atoms with Crippen LogP contribution >= 0.6 is 0 Å². The first kappa shape index (κ1) is 29.1. The molecule has 2 aromatic carbocycles. The second-order valence-corrected chi connectivity index (χ2v) is 7.31. The number of nitrogens with zero attached hydrogens (tertiary/aromatic N) is 1. The molecule has 0 amide bonds. The van der Waals surface area contributed by atoms with E-state index in [1.807, 2.05) is 6.07 Å².